The molecule has 0 aromatic heterocycles. The Morgan fingerprint density at radius 1 is 0.704 bits per heavy atom. The Kier molecular flexibility index (Phi) is 6.23. The average Bonchev–Trinajstić information content (AvgIpc) is 2.63. The second kappa shape index (κ2) is 8.39. The first-order valence-corrected chi connectivity index (χ1v) is 7.28. The summed E-state index contributed by atoms with van der Waals surface area (Å²) in [6, 6.07) is 3.19. The SMILES string of the molecule is O=C(/C=C/c1ccc(F)c(F)c1F)/C=C(O)\C=C\c1ccc(F)c(F)c1F. The van der Waals surface area contributed by atoms with Crippen molar-refractivity contribution in [3.8, 4) is 0 Å². The molecule has 0 aliphatic heterocycles. The highest BCUT2D eigenvalue weighted by atomic mass is 19.2. The summed E-state index contributed by atoms with van der Waals surface area (Å²) in [4.78, 5) is 11.6. The van der Waals surface area contributed by atoms with Gasteiger partial charge in [-0.3, -0.25) is 4.79 Å². The average molecular weight is 384 g/mol. The lowest BCUT2D eigenvalue weighted by molar-refractivity contribution is -0.110. The highest BCUT2D eigenvalue weighted by Crippen LogP contribution is 2.18. The first kappa shape index (κ1) is 20.0. The van der Waals surface area contributed by atoms with E-state index < -0.39 is 52.0 Å². The number of hydrogen-bond donors (Lipinski definition) is 1. The fourth-order valence-corrected chi connectivity index (χ4v) is 1.93. The molecule has 0 atom stereocenters. The molecule has 1 N–H and O–H groups in total. The van der Waals surface area contributed by atoms with Crippen LogP contribution in [0, 0.1) is 34.9 Å². The van der Waals surface area contributed by atoms with E-state index in [-0.39, 0.29) is 5.56 Å². The van der Waals surface area contributed by atoms with Crippen LogP contribution in [0.2, 0.25) is 0 Å². The summed E-state index contributed by atoms with van der Waals surface area (Å²) in [5, 5.41) is 9.57. The molecule has 0 aliphatic rings. The van der Waals surface area contributed by atoms with Gasteiger partial charge in [-0.1, -0.05) is 0 Å². The third-order valence-corrected chi connectivity index (χ3v) is 3.28. The summed E-state index contributed by atoms with van der Waals surface area (Å²) in [6.45, 7) is 0. The van der Waals surface area contributed by atoms with Crippen LogP contribution in [0.3, 0.4) is 0 Å². The van der Waals surface area contributed by atoms with E-state index in [0.717, 1.165) is 36.4 Å². The van der Waals surface area contributed by atoms with Crippen molar-refractivity contribution in [3.63, 3.8) is 0 Å². The van der Waals surface area contributed by atoms with Crippen LogP contribution in [0.25, 0.3) is 12.2 Å². The quantitative estimate of drug-likeness (QED) is 0.251. The maximum absolute atomic E-state index is 13.4. The normalized spacial score (nSPS) is 12.3. The van der Waals surface area contributed by atoms with Gasteiger partial charge in [0.15, 0.2) is 40.7 Å². The fraction of sp³-hybridized carbons (Fsp3) is 0. The Morgan fingerprint density at radius 2 is 1.15 bits per heavy atom. The van der Waals surface area contributed by atoms with E-state index in [9.17, 15) is 36.2 Å². The molecule has 140 valence electrons. The van der Waals surface area contributed by atoms with Crippen molar-refractivity contribution in [2.75, 3.05) is 0 Å². The number of halogens is 6. The summed E-state index contributed by atoms with van der Waals surface area (Å²) in [7, 11) is 0. The first-order valence-electron chi connectivity index (χ1n) is 7.28. The summed E-state index contributed by atoms with van der Waals surface area (Å²) in [6.07, 6.45) is 4.04. The number of carbonyl (C=O) groups is 1. The van der Waals surface area contributed by atoms with Crippen molar-refractivity contribution < 1.29 is 36.2 Å². The summed E-state index contributed by atoms with van der Waals surface area (Å²) < 4.78 is 78.6. The van der Waals surface area contributed by atoms with Gasteiger partial charge in [0.1, 0.15) is 5.76 Å². The lowest BCUT2D eigenvalue weighted by Crippen LogP contribution is -1.94. The molecule has 0 amide bonds. The molecule has 2 aromatic rings. The predicted octanol–water partition coefficient (Wildman–Crippen LogP) is 5.26. The van der Waals surface area contributed by atoms with Crippen LogP contribution in [0.1, 0.15) is 11.1 Å². The third kappa shape index (κ3) is 4.87. The Bertz CT molecular complexity index is 977. The minimum atomic E-state index is -1.69. The van der Waals surface area contributed by atoms with Gasteiger partial charge in [-0.2, -0.15) is 0 Å². The number of ketones is 1. The van der Waals surface area contributed by atoms with Crippen molar-refractivity contribution in [2.24, 2.45) is 0 Å². The number of benzene rings is 2. The highest BCUT2D eigenvalue weighted by molar-refractivity contribution is 6.02. The molecule has 0 spiro atoms. The first-order chi connectivity index (χ1) is 12.7. The van der Waals surface area contributed by atoms with Crippen LogP contribution in [-0.4, -0.2) is 10.9 Å². The number of rotatable bonds is 5. The molecular formula is C19H10F6O2. The van der Waals surface area contributed by atoms with Gasteiger partial charge in [0.25, 0.3) is 0 Å². The van der Waals surface area contributed by atoms with Crippen molar-refractivity contribution in [3.05, 3.63) is 94.3 Å². The largest absolute Gasteiger partial charge is 0.508 e. The monoisotopic (exact) mass is 384 g/mol. The molecule has 0 bridgehead atoms. The predicted molar refractivity (Wildman–Crippen MR) is 86.4 cm³/mol. The van der Waals surface area contributed by atoms with Crippen LogP contribution in [0.15, 0.2) is 48.3 Å². The molecule has 0 unspecified atom stereocenters. The lowest BCUT2D eigenvalue weighted by atomic mass is 10.1. The van der Waals surface area contributed by atoms with E-state index in [4.69, 9.17) is 0 Å². The summed E-state index contributed by atoms with van der Waals surface area (Å²) in [5.41, 5.74) is -0.768. The van der Waals surface area contributed by atoms with Crippen LogP contribution in [0.4, 0.5) is 26.3 Å². The standard InChI is InChI=1S/C19H10F6O2/c20-14-7-3-10(16(22)18(14)24)1-5-12(26)9-13(27)6-2-11-4-8-15(21)19(25)17(11)23/h1-9,26H/b5-1+,6-2+,12-9+. The molecule has 0 aliphatic carbocycles. The third-order valence-electron chi connectivity index (χ3n) is 3.28. The number of hydrogen-bond acceptors (Lipinski definition) is 2. The van der Waals surface area contributed by atoms with Crippen molar-refractivity contribution in [1.82, 2.24) is 0 Å². The smallest absolute Gasteiger partial charge is 0.195 e. The van der Waals surface area contributed by atoms with Gasteiger partial charge in [-0.05, 0) is 48.6 Å². The number of aliphatic hydroxyl groups is 1. The van der Waals surface area contributed by atoms with E-state index in [1.807, 2.05) is 0 Å². The van der Waals surface area contributed by atoms with E-state index in [1.54, 1.807) is 0 Å². The second-order valence-electron chi connectivity index (χ2n) is 5.17. The number of carbonyl (C=O) groups excluding carboxylic acids is 1. The van der Waals surface area contributed by atoms with Crippen LogP contribution in [0.5, 0.6) is 0 Å². The zero-order valence-electron chi connectivity index (χ0n) is 13.3. The Labute approximate surface area is 149 Å². The molecular weight excluding hydrogens is 374 g/mol. The van der Waals surface area contributed by atoms with Gasteiger partial charge in [-0.25, -0.2) is 26.3 Å². The van der Waals surface area contributed by atoms with Crippen molar-refractivity contribution >= 4 is 17.9 Å². The molecule has 2 nitrogen and oxygen atoms in total. The second-order valence-corrected chi connectivity index (χ2v) is 5.17. The van der Waals surface area contributed by atoms with Crippen LogP contribution >= 0.6 is 0 Å². The van der Waals surface area contributed by atoms with Gasteiger partial charge < -0.3 is 5.11 Å². The Morgan fingerprint density at radius 3 is 1.63 bits per heavy atom. The minimum Gasteiger partial charge on any atom is -0.508 e. The molecule has 0 heterocycles. The van der Waals surface area contributed by atoms with Gasteiger partial charge in [0.05, 0.1) is 0 Å². The minimum absolute atomic E-state index is 0.374. The molecule has 0 saturated heterocycles. The van der Waals surface area contributed by atoms with E-state index in [2.05, 4.69) is 0 Å². The Balaban J connectivity index is 2.13. The van der Waals surface area contributed by atoms with Crippen LogP contribution < -0.4 is 0 Å². The van der Waals surface area contributed by atoms with E-state index in [0.29, 0.717) is 18.2 Å². The van der Waals surface area contributed by atoms with E-state index >= 15 is 0 Å². The number of aliphatic hydroxyl groups excluding tert-OH is 1. The molecule has 8 heteroatoms. The maximum Gasteiger partial charge on any atom is 0.195 e. The summed E-state index contributed by atoms with van der Waals surface area (Å²) >= 11 is 0. The topological polar surface area (TPSA) is 37.3 Å². The molecule has 2 aromatic carbocycles. The molecule has 0 fully saturated rings. The van der Waals surface area contributed by atoms with Gasteiger partial charge >= 0.3 is 0 Å². The maximum atomic E-state index is 13.4. The summed E-state index contributed by atoms with van der Waals surface area (Å²) in [5.74, 6) is -10.6. The van der Waals surface area contributed by atoms with Crippen LogP contribution in [-0.2, 0) is 4.79 Å². The van der Waals surface area contributed by atoms with Gasteiger partial charge in [-0.15, -0.1) is 0 Å². The lowest BCUT2D eigenvalue weighted by Gasteiger charge is -1.99. The number of allylic oxidation sites excluding steroid dienone is 3. The zero-order chi connectivity index (χ0) is 20.1. The molecule has 27 heavy (non-hydrogen) atoms. The Hall–Kier alpha value is -3.29. The molecule has 0 saturated carbocycles. The van der Waals surface area contributed by atoms with Crippen molar-refractivity contribution in [2.45, 2.75) is 0 Å². The molecule has 0 radical (unpaired) electrons. The van der Waals surface area contributed by atoms with E-state index in [1.165, 1.54) is 0 Å². The van der Waals surface area contributed by atoms with Gasteiger partial charge in [0.2, 0.25) is 0 Å². The fourth-order valence-electron chi connectivity index (χ4n) is 1.93. The highest BCUT2D eigenvalue weighted by Gasteiger charge is 2.12. The molecule has 2 rings (SSSR count). The van der Waals surface area contributed by atoms with Crippen molar-refractivity contribution in [1.29, 1.82) is 0 Å². The zero-order valence-corrected chi connectivity index (χ0v) is 13.3. The van der Waals surface area contributed by atoms with Gasteiger partial charge in [0, 0.05) is 17.2 Å².